The van der Waals surface area contributed by atoms with Crippen LogP contribution in [0.4, 0.5) is 5.69 Å². The summed E-state index contributed by atoms with van der Waals surface area (Å²) in [5, 5.41) is 2.90. The molecular weight excluding hydrogens is 252 g/mol. The van der Waals surface area contributed by atoms with E-state index in [0.717, 1.165) is 19.4 Å². The molecule has 4 nitrogen and oxygen atoms in total. The van der Waals surface area contributed by atoms with Gasteiger partial charge in [0, 0.05) is 24.4 Å². The van der Waals surface area contributed by atoms with Gasteiger partial charge in [-0.25, -0.2) is 0 Å². The van der Waals surface area contributed by atoms with E-state index in [1.165, 1.54) is 0 Å². The molecule has 1 heterocycles. The number of carbonyl (C=O) groups is 1. The molecular formula is C13H19ClN2O2. The lowest BCUT2D eigenvalue weighted by molar-refractivity contribution is 0.0206. The molecule has 0 saturated carbocycles. The number of hydrogen-bond donors (Lipinski definition) is 2. The first kappa shape index (κ1) is 14.8. The SMILES string of the molecule is CC1(CNC(=O)c2ccc(N)cc2)CCCO1.Cl. The van der Waals surface area contributed by atoms with Gasteiger partial charge in [-0.3, -0.25) is 4.79 Å². The van der Waals surface area contributed by atoms with Gasteiger partial charge in [0.25, 0.3) is 5.91 Å². The van der Waals surface area contributed by atoms with Crippen LogP contribution in [0.2, 0.25) is 0 Å². The number of nitrogens with one attached hydrogen (secondary N) is 1. The van der Waals surface area contributed by atoms with Crippen LogP contribution in [0.3, 0.4) is 0 Å². The van der Waals surface area contributed by atoms with Crippen LogP contribution < -0.4 is 11.1 Å². The summed E-state index contributed by atoms with van der Waals surface area (Å²) in [4.78, 5) is 11.8. The summed E-state index contributed by atoms with van der Waals surface area (Å²) in [6.45, 7) is 3.37. The number of ether oxygens (including phenoxy) is 1. The number of benzene rings is 1. The largest absolute Gasteiger partial charge is 0.399 e. The molecule has 1 saturated heterocycles. The monoisotopic (exact) mass is 270 g/mol. The third-order valence-electron chi connectivity index (χ3n) is 3.10. The first-order chi connectivity index (χ1) is 8.09. The van der Waals surface area contributed by atoms with Crippen molar-refractivity contribution in [3.8, 4) is 0 Å². The molecule has 1 unspecified atom stereocenters. The van der Waals surface area contributed by atoms with E-state index >= 15 is 0 Å². The van der Waals surface area contributed by atoms with Gasteiger partial charge in [0.2, 0.25) is 0 Å². The van der Waals surface area contributed by atoms with E-state index in [0.29, 0.717) is 17.8 Å². The van der Waals surface area contributed by atoms with Crippen molar-refractivity contribution in [2.24, 2.45) is 0 Å². The highest BCUT2D eigenvalue weighted by Gasteiger charge is 2.30. The Labute approximate surface area is 113 Å². The fraction of sp³-hybridized carbons (Fsp3) is 0.462. The van der Waals surface area contributed by atoms with Crippen LogP contribution in [0.15, 0.2) is 24.3 Å². The Morgan fingerprint density at radius 1 is 1.44 bits per heavy atom. The zero-order valence-electron chi connectivity index (χ0n) is 10.4. The van der Waals surface area contributed by atoms with Crippen molar-refractivity contribution >= 4 is 24.0 Å². The van der Waals surface area contributed by atoms with Gasteiger partial charge < -0.3 is 15.8 Å². The number of amides is 1. The van der Waals surface area contributed by atoms with E-state index in [-0.39, 0.29) is 23.9 Å². The molecule has 1 aliphatic rings. The highest BCUT2D eigenvalue weighted by molar-refractivity contribution is 5.94. The van der Waals surface area contributed by atoms with Gasteiger partial charge in [0.15, 0.2) is 0 Å². The minimum Gasteiger partial charge on any atom is -0.399 e. The zero-order chi connectivity index (χ0) is 12.3. The summed E-state index contributed by atoms with van der Waals surface area (Å²) in [6.07, 6.45) is 2.06. The second-order valence-electron chi connectivity index (χ2n) is 4.71. The van der Waals surface area contributed by atoms with Gasteiger partial charge >= 0.3 is 0 Å². The number of hydrogen-bond acceptors (Lipinski definition) is 3. The number of rotatable bonds is 3. The van der Waals surface area contributed by atoms with Crippen molar-refractivity contribution in [3.63, 3.8) is 0 Å². The predicted octanol–water partition coefficient (Wildman–Crippen LogP) is 1.99. The smallest absolute Gasteiger partial charge is 0.251 e. The van der Waals surface area contributed by atoms with Crippen LogP contribution in [0.1, 0.15) is 30.1 Å². The molecule has 1 aromatic carbocycles. The molecule has 100 valence electrons. The van der Waals surface area contributed by atoms with Crippen LogP contribution in [0, 0.1) is 0 Å². The van der Waals surface area contributed by atoms with Crippen molar-refractivity contribution in [1.29, 1.82) is 0 Å². The van der Waals surface area contributed by atoms with Crippen molar-refractivity contribution < 1.29 is 9.53 Å². The molecule has 0 bridgehead atoms. The summed E-state index contributed by atoms with van der Waals surface area (Å²) in [5.41, 5.74) is 6.65. The maximum Gasteiger partial charge on any atom is 0.251 e. The van der Waals surface area contributed by atoms with E-state index in [1.807, 2.05) is 6.92 Å². The Bertz CT molecular complexity index is 400. The van der Waals surface area contributed by atoms with Gasteiger partial charge in [0.1, 0.15) is 0 Å². The third kappa shape index (κ3) is 3.62. The van der Waals surface area contributed by atoms with Crippen molar-refractivity contribution in [2.75, 3.05) is 18.9 Å². The lowest BCUT2D eigenvalue weighted by atomic mass is 10.0. The molecule has 0 aliphatic carbocycles. The molecule has 0 spiro atoms. The maximum atomic E-state index is 11.8. The number of carbonyl (C=O) groups excluding carboxylic acids is 1. The third-order valence-corrected chi connectivity index (χ3v) is 3.10. The Morgan fingerprint density at radius 2 is 2.11 bits per heavy atom. The fourth-order valence-electron chi connectivity index (χ4n) is 1.98. The van der Waals surface area contributed by atoms with E-state index < -0.39 is 0 Å². The van der Waals surface area contributed by atoms with Crippen LogP contribution in [0.5, 0.6) is 0 Å². The molecule has 1 aromatic rings. The molecule has 1 amide bonds. The topological polar surface area (TPSA) is 64.4 Å². The van der Waals surface area contributed by atoms with Gasteiger partial charge in [-0.05, 0) is 44.0 Å². The standard InChI is InChI=1S/C13H18N2O2.ClH/c1-13(7-2-8-17-13)9-15-12(16)10-3-5-11(14)6-4-10;/h3-6H,2,7-9,14H2,1H3,(H,15,16);1H. The van der Waals surface area contributed by atoms with Gasteiger partial charge in [-0.15, -0.1) is 12.4 Å². The molecule has 1 atom stereocenters. The van der Waals surface area contributed by atoms with Crippen LogP contribution in [-0.2, 0) is 4.74 Å². The molecule has 2 rings (SSSR count). The van der Waals surface area contributed by atoms with Crippen LogP contribution in [-0.4, -0.2) is 24.7 Å². The van der Waals surface area contributed by atoms with Crippen molar-refractivity contribution in [1.82, 2.24) is 5.32 Å². The van der Waals surface area contributed by atoms with Crippen LogP contribution in [0.25, 0.3) is 0 Å². The average Bonchev–Trinajstić information content (AvgIpc) is 2.75. The van der Waals surface area contributed by atoms with Crippen molar-refractivity contribution in [2.45, 2.75) is 25.4 Å². The molecule has 5 heteroatoms. The molecule has 0 radical (unpaired) electrons. The highest BCUT2D eigenvalue weighted by atomic mass is 35.5. The second kappa shape index (κ2) is 6.07. The first-order valence-corrected chi connectivity index (χ1v) is 5.87. The lowest BCUT2D eigenvalue weighted by Crippen LogP contribution is -2.40. The molecule has 3 N–H and O–H groups in total. The summed E-state index contributed by atoms with van der Waals surface area (Å²) >= 11 is 0. The summed E-state index contributed by atoms with van der Waals surface area (Å²) in [7, 11) is 0. The van der Waals surface area contributed by atoms with Crippen LogP contribution >= 0.6 is 12.4 Å². The van der Waals surface area contributed by atoms with Gasteiger partial charge in [-0.1, -0.05) is 0 Å². The summed E-state index contributed by atoms with van der Waals surface area (Å²) in [6, 6.07) is 6.90. The minimum absolute atomic E-state index is 0. The lowest BCUT2D eigenvalue weighted by Gasteiger charge is -2.23. The molecule has 1 aliphatic heterocycles. The zero-order valence-corrected chi connectivity index (χ0v) is 11.3. The Balaban J connectivity index is 0.00000162. The Hall–Kier alpha value is -1.26. The Kier molecular flexibility index (Phi) is 4.99. The number of nitrogens with two attached hydrogens (primary N) is 1. The second-order valence-corrected chi connectivity index (χ2v) is 4.71. The normalized spacial score (nSPS) is 22.3. The maximum absolute atomic E-state index is 11.8. The first-order valence-electron chi connectivity index (χ1n) is 5.87. The number of anilines is 1. The minimum atomic E-state index is -0.205. The summed E-state index contributed by atoms with van der Waals surface area (Å²) < 4.78 is 5.61. The Morgan fingerprint density at radius 3 is 2.67 bits per heavy atom. The predicted molar refractivity (Wildman–Crippen MR) is 74.0 cm³/mol. The van der Waals surface area contributed by atoms with Crippen molar-refractivity contribution in [3.05, 3.63) is 29.8 Å². The number of halogens is 1. The molecule has 1 fully saturated rings. The van der Waals surface area contributed by atoms with E-state index in [2.05, 4.69) is 5.32 Å². The van der Waals surface area contributed by atoms with Gasteiger partial charge in [-0.2, -0.15) is 0 Å². The highest BCUT2D eigenvalue weighted by Crippen LogP contribution is 2.23. The fourth-order valence-corrected chi connectivity index (χ4v) is 1.98. The van der Waals surface area contributed by atoms with E-state index in [1.54, 1.807) is 24.3 Å². The van der Waals surface area contributed by atoms with Gasteiger partial charge in [0.05, 0.1) is 5.60 Å². The number of nitrogen functional groups attached to an aromatic ring is 1. The quantitative estimate of drug-likeness (QED) is 0.826. The van der Waals surface area contributed by atoms with E-state index in [4.69, 9.17) is 10.5 Å². The summed E-state index contributed by atoms with van der Waals surface area (Å²) in [5.74, 6) is -0.0817. The average molecular weight is 271 g/mol. The molecule has 0 aromatic heterocycles. The van der Waals surface area contributed by atoms with E-state index in [9.17, 15) is 4.79 Å². The molecule has 18 heavy (non-hydrogen) atoms.